The highest BCUT2D eigenvalue weighted by atomic mass is 19.4. The maximum Gasteiger partial charge on any atom is 0.405 e. The van der Waals surface area contributed by atoms with Gasteiger partial charge in [0.25, 0.3) is 5.91 Å². The second-order valence-corrected chi connectivity index (χ2v) is 12.8. The third kappa shape index (κ3) is 6.97. The molecule has 0 unspecified atom stereocenters. The molecule has 0 bridgehead atoms. The summed E-state index contributed by atoms with van der Waals surface area (Å²) >= 11 is 0. The summed E-state index contributed by atoms with van der Waals surface area (Å²) in [7, 11) is 1.96. The number of nitrogens with zero attached hydrogens (tertiary/aromatic N) is 2. The highest BCUT2D eigenvalue weighted by Crippen LogP contribution is 2.51. The van der Waals surface area contributed by atoms with E-state index in [0.29, 0.717) is 18.4 Å². The van der Waals surface area contributed by atoms with Gasteiger partial charge in [0.15, 0.2) is 0 Å². The number of likely N-dealkylation sites (tertiary alicyclic amines) is 1. The summed E-state index contributed by atoms with van der Waals surface area (Å²) in [6.07, 6.45) is -0.963. The molecule has 1 fully saturated rings. The molecular formula is C39H41F3N4O2. The van der Waals surface area contributed by atoms with E-state index < -0.39 is 24.0 Å². The molecule has 0 saturated carbocycles. The van der Waals surface area contributed by atoms with Gasteiger partial charge in [0, 0.05) is 31.9 Å². The predicted octanol–water partition coefficient (Wildman–Crippen LogP) is 7.46. The summed E-state index contributed by atoms with van der Waals surface area (Å²) < 4.78 is 39.6. The van der Waals surface area contributed by atoms with Crippen LogP contribution in [0.1, 0.15) is 53.6 Å². The average Bonchev–Trinajstić information content (AvgIpc) is 3.40. The van der Waals surface area contributed by atoms with Gasteiger partial charge in [0.05, 0.1) is 11.3 Å². The largest absolute Gasteiger partial charge is 0.405 e. The number of piperidine rings is 1. The van der Waals surface area contributed by atoms with Crippen molar-refractivity contribution in [1.82, 2.24) is 15.5 Å². The fourth-order valence-corrected chi connectivity index (χ4v) is 7.32. The lowest BCUT2D eigenvalue weighted by molar-refractivity contribution is -0.141. The van der Waals surface area contributed by atoms with Crippen molar-refractivity contribution in [2.45, 2.75) is 49.7 Å². The van der Waals surface area contributed by atoms with Crippen LogP contribution in [0.15, 0.2) is 103 Å². The van der Waals surface area contributed by atoms with Crippen LogP contribution in [0.25, 0.3) is 11.1 Å². The molecule has 6 rings (SSSR count). The quantitative estimate of drug-likeness (QED) is 0.165. The lowest BCUT2D eigenvalue weighted by Crippen LogP contribution is -2.47. The number of amides is 2. The summed E-state index contributed by atoms with van der Waals surface area (Å²) in [6, 6.07) is 32.8. The minimum Gasteiger partial charge on any atom is -0.349 e. The third-order valence-electron chi connectivity index (χ3n) is 9.75. The molecule has 4 aromatic rings. The number of rotatable bonds is 11. The smallest absolute Gasteiger partial charge is 0.349 e. The Morgan fingerprint density at radius 1 is 0.812 bits per heavy atom. The van der Waals surface area contributed by atoms with Crippen molar-refractivity contribution in [3.05, 3.63) is 120 Å². The lowest BCUT2D eigenvalue weighted by Gasteiger charge is -2.34. The summed E-state index contributed by atoms with van der Waals surface area (Å²) in [5.74, 6) is -0.691. The molecule has 0 aromatic heterocycles. The topological polar surface area (TPSA) is 64.7 Å². The Bertz CT molecular complexity index is 1690. The van der Waals surface area contributed by atoms with Crippen molar-refractivity contribution in [3.8, 4) is 11.1 Å². The molecule has 2 aliphatic rings. The molecule has 48 heavy (non-hydrogen) atoms. The number of benzene rings is 4. The van der Waals surface area contributed by atoms with Gasteiger partial charge in [-0.05, 0) is 78.7 Å². The van der Waals surface area contributed by atoms with Crippen LogP contribution >= 0.6 is 0 Å². The highest BCUT2D eigenvalue weighted by molar-refractivity contribution is 6.01. The summed E-state index contributed by atoms with van der Waals surface area (Å²) in [4.78, 5) is 31.5. The van der Waals surface area contributed by atoms with Crippen molar-refractivity contribution < 1.29 is 22.8 Å². The number of carbonyl (C=O) groups excluding carboxylic acids is 2. The van der Waals surface area contributed by atoms with Crippen molar-refractivity contribution >= 4 is 23.2 Å². The Morgan fingerprint density at radius 2 is 1.40 bits per heavy atom. The fraction of sp³-hybridized carbons (Fsp3) is 0.333. The second-order valence-electron chi connectivity index (χ2n) is 12.8. The number of alkyl halides is 3. The third-order valence-corrected chi connectivity index (χ3v) is 9.75. The number of anilines is 2. The van der Waals surface area contributed by atoms with Crippen LogP contribution in [0.2, 0.25) is 0 Å². The van der Waals surface area contributed by atoms with Gasteiger partial charge < -0.3 is 20.4 Å². The molecule has 2 N–H and O–H groups in total. The molecule has 250 valence electrons. The van der Waals surface area contributed by atoms with Gasteiger partial charge >= 0.3 is 6.18 Å². The van der Waals surface area contributed by atoms with Gasteiger partial charge in [0.2, 0.25) is 5.91 Å². The zero-order valence-electron chi connectivity index (χ0n) is 27.1. The first kappa shape index (κ1) is 33.3. The molecule has 0 radical (unpaired) electrons. The van der Waals surface area contributed by atoms with E-state index in [1.165, 1.54) is 0 Å². The number of carbonyl (C=O) groups is 2. The van der Waals surface area contributed by atoms with Gasteiger partial charge in [-0.25, -0.2) is 0 Å². The Labute approximate surface area is 280 Å². The Morgan fingerprint density at radius 3 is 2.04 bits per heavy atom. The standard InChI is InChI=1S/C39H41F3N4O2/c1-45(29-13-3-2-4-14-29)35-20-10-7-17-32(35)36(47)44-28-21-25-46(26-22-28)24-12-11-23-38(37(48)43-27-39(40,41)42)33-18-8-5-15-30(33)31-16-6-9-19-34(31)38/h2-10,13-20,28H,11-12,21-27H2,1H3,(H,43,48)(H,44,47). The zero-order valence-corrected chi connectivity index (χ0v) is 27.1. The number of nitrogens with one attached hydrogen (secondary N) is 2. The minimum absolute atomic E-state index is 0.0657. The van der Waals surface area contributed by atoms with E-state index in [9.17, 15) is 22.8 Å². The zero-order chi connectivity index (χ0) is 33.7. The number of para-hydroxylation sites is 2. The SMILES string of the molecule is CN(c1ccccc1)c1ccccc1C(=O)NC1CCN(CCCCC2(C(=O)NCC(F)(F)F)c3ccccc3-c3ccccc32)CC1. The first-order chi connectivity index (χ1) is 23.2. The van der Waals surface area contributed by atoms with Gasteiger partial charge in [-0.1, -0.05) is 85.3 Å². The molecular weight excluding hydrogens is 613 g/mol. The number of fused-ring (bicyclic) bond motifs is 3. The van der Waals surface area contributed by atoms with E-state index in [0.717, 1.165) is 72.5 Å². The van der Waals surface area contributed by atoms with E-state index >= 15 is 0 Å². The highest BCUT2D eigenvalue weighted by Gasteiger charge is 2.49. The molecule has 0 spiro atoms. The number of hydrogen-bond acceptors (Lipinski definition) is 4. The normalized spacial score (nSPS) is 15.8. The van der Waals surface area contributed by atoms with Gasteiger partial charge in [-0.15, -0.1) is 0 Å². The van der Waals surface area contributed by atoms with Gasteiger partial charge in [-0.3, -0.25) is 9.59 Å². The average molecular weight is 655 g/mol. The maximum absolute atomic E-state index is 13.7. The number of halogens is 3. The number of hydrogen-bond donors (Lipinski definition) is 2. The van der Waals surface area contributed by atoms with E-state index in [1.54, 1.807) is 0 Å². The second kappa shape index (κ2) is 14.2. The monoisotopic (exact) mass is 654 g/mol. The van der Waals surface area contributed by atoms with Gasteiger partial charge in [-0.2, -0.15) is 13.2 Å². The van der Waals surface area contributed by atoms with Crippen LogP contribution in [-0.2, 0) is 10.2 Å². The fourth-order valence-electron chi connectivity index (χ4n) is 7.32. The predicted molar refractivity (Wildman–Crippen MR) is 183 cm³/mol. The van der Waals surface area contributed by atoms with Crippen molar-refractivity contribution in [3.63, 3.8) is 0 Å². The summed E-state index contributed by atoms with van der Waals surface area (Å²) in [5, 5.41) is 5.46. The van der Waals surface area contributed by atoms with Crippen molar-refractivity contribution in [2.24, 2.45) is 0 Å². The van der Waals surface area contributed by atoms with E-state index in [1.807, 2.05) is 115 Å². The molecule has 0 atom stereocenters. The minimum atomic E-state index is -4.50. The van der Waals surface area contributed by atoms with E-state index in [-0.39, 0.29) is 11.9 Å². The Balaban J connectivity index is 1.05. The molecule has 1 aliphatic carbocycles. The lowest BCUT2D eigenvalue weighted by atomic mass is 9.73. The van der Waals surface area contributed by atoms with Crippen LogP contribution < -0.4 is 15.5 Å². The molecule has 6 nitrogen and oxygen atoms in total. The van der Waals surface area contributed by atoms with Crippen LogP contribution in [0, 0.1) is 0 Å². The molecule has 1 heterocycles. The van der Waals surface area contributed by atoms with Crippen LogP contribution in [0.5, 0.6) is 0 Å². The van der Waals surface area contributed by atoms with Crippen molar-refractivity contribution in [2.75, 3.05) is 38.1 Å². The maximum atomic E-state index is 13.7. The summed E-state index contributed by atoms with van der Waals surface area (Å²) in [5.41, 5.74) is 4.62. The van der Waals surface area contributed by atoms with Crippen LogP contribution in [0.4, 0.5) is 24.5 Å². The first-order valence-corrected chi connectivity index (χ1v) is 16.6. The Hall–Kier alpha value is -4.63. The van der Waals surface area contributed by atoms with E-state index in [4.69, 9.17) is 0 Å². The van der Waals surface area contributed by atoms with Crippen LogP contribution in [-0.4, -0.2) is 62.2 Å². The Kier molecular flexibility index (Phi) is 9.87. The molecule has 1 saturated heterocycles. The van der Waals surface area contributed by atoms with E-state index in [2.05, 4.69) is 15.5 Å². The summed E-state index contributed by atoms with van der Waals surface area (Å²) in [6.45, 7) is 1.12. The van der Waals surface area contributed by atoms with Crippen LogP contribution in [0.3, 0.4) is 0 Å². The first-order valence-electron chi connectivity index (χ1n) is 16.6. The van der Waals surface area contributed by atoms with Gasteiger partial charge in [0.1, 0.15) is 12.0 Å². The van der Waals surface area contributed by atoms with Crippen molar-refractivity contribution in [1.29, 1.82) is 0 Å². The molecule has 9 heteroatoms. The molecule has 2 amide bonds. The molecule has 4 aromatic carbocycles. The molecule has 1 aliphatic heterocycles. The number of unbranched alkanes of at least 4 members (excludes halogenated alkanes) is 1.